The van der Waals surface area contributed by atoms with E-state index in [4.69, 9.17) is 14.2 Å². The monoisotopic (exact) mass is 496 g/mol. The number of aryl methyl sites for hydroxylation is 1. The van der Waals surface area contributed by atoms with E-state index in [1.54, 1.807) is 30.2 Å². The highest BCUT2D eigenvalue weighted by Gasteiger charge is 2.31. The number of carbonyl (C=O) groups excluding carboxylic acids is 1. The highest BCUT2D eigenvalue weighted by Crippen LogP contribution is 2.35. The fraction of sp³-hybridized carbons (Fsp3) is 0.444. The van der Waals surface area contributed by atoms with Crippen LogP contribution in [-0.4, -0.2) is 52.9 Å². The second kappa shape index (κ2) is 10.6. The van der Waals surface area contributed by atoms with Crippen LogP contribution in [0.1, 0.15) is 45.6 Å². The van der Waals surface area contributed by atoms with Gasteiger partial charge in [-0.2, -0.15) is 0 Å². The van der Waals surface area contributed by atoms with Crippen LogP contribution in [0.2, 0.25) is 0 Å². The molecule has 1 fully saturated rings. The molecule has 0 radical (unpaired) electrons. The molecule has 1 atom stereocenters. The number of halogens is 1. The van der Waals surface area contributed by atoms with E-state index in [2.05, 4.69) is 15.3 Å². The second-order valence-electron chi connectivity index (χ2n) is 9.99. The molecule has 8 nitrogen and oxygen atoms in total. The van der Waals surface area contributed by atoms with E-state index in [0.29, 0.717) is 47.1 Å². The fourth-order valence-electron chi connectivity index (χ4n) is 4.21. The van der Waals surface area contributed by atoms with Crippen LogP contribution in [0.3, 0.4) is 0 Å². The first-order valence-corrected chi connectivity index (χ1v) is 12.1. The lowest BCUT2D eigenvalue weighted by Crippen LogP contribution is -2.48. The minimum Gasteiger partial charge on any atom is -0.493 e. The van der Waals surface area contributed by atoms with Crippen LogP contribution in [0.5, 0.6) is 11.5 Å². The van der Waals surface area contributed by atoms with Gasteiger partial charge in [0.05, 0.1) is 24.4 Å². The standard InChI is InChI=1S/C27H33FN4O4/c1-17-9-10-21(20(28)12-17)31-25-19-13-23(34-5)24(14-22(19)29-16-30-25)35-15-18-8-6-7-11-32(18)26(33)36-27(2,3)4/h9-10,12-14,16,18H,6-8,11,15H2,1-5H3,(H,29,30,31). The van der Waals surface area contributed by atoms with Crippen LogP contribution in [-0.2, 0) is 4.74 Å². The smallest absolute Gasteiger partial charge is 0.410 e. The number of likely N-dealkylation sites (tertiary alicyclic amines) is 1. The molecule has 2 aromatic carbocycles. The van der Waals surface area contributed by atoms with Crippen molar-refractivity contribution in [3.05, 3.63) is 48.0 Å². The van der Waals surface area contributed by atoms with Gasteiger partial charge in [-0.15, -0.1) is 0 Å². The second-order valence-corrected chi connectivity index (χ2v) is 9.99. The average molecular weight is 497 g/mol. The molecule has 1 aromatic heterocycles. The van der Waals surface area contributed by atoms with Gasteiger partial charge >= 0.3 is 6.09 Å². The summed E-state index contributed by atoms with van der Waals surface area (Å²) in [6.45, 7) is 8.34. The molecule has 1 aliphatic rings. The molecule has 0 saturated carbocycles. The molecule has 192 valence electrons. The quantitative estimate of drug-likeness (QED) is 0.448. The number of benzene rings is 2. The third-order valence-corrected chi connectivity index (χ3v) is 5.98. The molecule has 0 aliphatic carbocycles. The summed E-state index contributed by atoms with van der Waals surface area (Å²) in [6, 6.07) is 8.39. The first-order chi connectivity index (χ1) is 17.1. The Morgan fingerprint density at radius 2 is 1.97 bits per heavy atom. The van der Waals surface area contributed by atoms with Gasteiger partial charge in [-0.3, -0.25) is 0 Å². The largest absolute Gasteiger partial charge is 0.493 e. The number of nitrogens with one attached hydrogen (secondary N) is 1. The van der Waals surface area contributed by atoms with E-state index in [9.17, 15) is 9.18 Å². The Balaban J connectivity index is 1.56. The Kier molecular flexibility index (Phi) is 7.47. The van der Waals surface area contributed by atoms with Crippen molar-refractivity contribution in [1.82, 2.24) is 14.9 Å². The Hall–Kier alpha value is -3.62. The van der Waals surface area contributed by atoms with E-state index >= 15 is 0 Å². The number of fused-ring (bicyclic) bond motifs is 1. The molecule has 3 aromatic rings. The first kappa shape index (κ1) is 25.5. The lowest BCUT2D eigenvalue weighted by Gasteiger charge is -2.36. The van der Waals surface area contributed by atoms with Gasteiger partial charge in [-0.05, 0) is 70.7 Å². The van der Waals surface area contributed by atoms with Gasteiger partial charge in [0.2, 0.25) is 0 Å². The highest BCUT2D eigenvalue weighted by atomic mass is 19.1. The lowest BCUT2D eigenvalue weighted by atomic mass is 10.0. The normalized spacial score (nSPS) is 16.1. The molecule has 1 unspecified atom stereocenters. The number of amides is 1. The zero-order chi connectivity index (χ0) is 25.9. The van der Waals surface area contributed by atoms with Gasteiger partial charge in [0.15, 0.2) is 11.5 Å². The van der Waals surface area contributed by atoms with Gasteiger partial charge in [0.1, 0.15) is 30.2 Å². The maximum Gasteiger partial charge on any atom is 0.410 e. The molecule has 9 heteroatoms. The average Bonchev–Trinajstić information content (AvgIpc) is 2.83. The molecule has 2 heterocycles. The predicted octanol–water partition coefficient (Wildman–Crippen LogP) is 6.00. The summed E-state index contributed by atoms with van der Waals surface area (Å²) in [7, 11) is 1.55. The van der Waals surface area contributed by atoms with Crippen molar-refractivity contribution in [2.24, 2.45) is 0 Å². The van der Waals surface area contributed by atoms with Crippen LogP contribution >= 0.6 is 0 Å². The molecule has 4 rings (SSSR count). The summed E-state index contributed by atoms with van der Waals surface area (Å²) in [5.74, 6) is 1.09. The van der Waals surface area contributed by atoms with Crippen molar-refractivity contribution < 1.29 is 23.4 Å². The third kappa shape index (κ3) is 5.95. The van der Waals surface area contributed by atoms with Crippen LogP contribution in [0.4, 0.5) is 20.7 Å². The number of rotatable bonds is 6. The first-order valence-electron chi connectivity index (χ1n) is 12.1. The summed E-state index contributed by atoms with van der Waals surface area (Å²) < 4.78 is 31.8. The van der Waals surface area contributed by atoms with Gasteiger partial charge in [0.25, 0.3) is 0 Å². The number of methoxy groups -OCH3 is 1. The number of ether oxygens (including phenoxy) is 3. The van der Waals surface area contributed by atoms with Gasteiger partial charge < -0.3 is 24.4 Å². The highest BCUT2D eigenvalue weighted by molar-refractivity contribution is 5.93. The van der Waals surface area contributed by atoms with Crippen LogP contribution in [0.15, 0.2) is 36.7 Å². The van der Waals surface area contributed by atoms with Crippen molar-refractivity contribution >= 4 is 28.5 Å². The van der Waals surface area contributed by atoms with Gasteiger partial charge in [-0.25, -0.2) is 19.2 Å². The van der Waals surface area contributed by atoms with Crippen LogP contribution < -0.4 is 14.8 Å². The van der Waals surface area contributed by atoms with E-state index in [1.165, 1.54) is 12.4 Å². The number of aromatic nitrogens is 2. The maximum absolute atomic E-state index is 14.4. The zero-order valence-corrected chi connectivity index (χ0v) is 21.4. The molecule has 1 amide bonds. The lowest BCUT2D eigenvalue weighted by molar-refractivity contribution is 0.00350. The van der Waals surface area contributed by atoms with Crippen LogP contribution in [0.25, 0.3) is 10.9 Å². The Morgan fingerprint density at radius 3 is 2.69 bits per heavy atom. The minimum atomic E-state index is -0.561. The van der Waals surface area contributed by atoms with E-state index < -0.39 is 5.60 Å². The molecule has 0 bridgehead atoms. The summed E-state index contributed by atoms with van der Waals surface area (Å²) in [5.41, 5.74) is 1.20. The summed E-state index contributed by atoms with van der Waals surface area (Å²) in [4.78, 5) is 23.2. The topological polar surface area (TPSA) is 85.8 Å². The molecular weight excluding hydrogens is 463 g/mol. The van der Waals surface area contributed by atoms with E-state index in [1.807, 2.05) is 33.8 Å². The molecule has 0 spiro atoms. The van der Waals surface area contributed by atoms with E-state index in [0.717, 1.165) is 24.8 Å². The third-order valence-electron chi connectivity index (χ3n) is 5.98. The summed E-state index contributed by atoms with van der Waals surface area (Å²) in [6.07, 6.45) is 3.86. The molecule has 1 aliphatic heterocycles. The number of anilines is 2. The number of carbonyl (C=O) groups is 1. The number of hydrogen-bond acceptors (Lipinski definition) is 7. The van der Waals surface area contributed by atoms with E-state index in [-0.39, 0.29) is 18.0 Å². The number of hydrogen-bond donors (Lipinski definition) is 1. The predicted molar refractivity (Wildman–Crippen MR) is 137 cm³/mol. The SMILES string of the molecule is COc1cc2c(Nc3ccc(C)cc3F)ncnc2cc1OCC1CCCCN1C(=O)OC(C)(C)C. The molecule has 1 saturated heterocycles. The summed E-state index contributed by atoms with van der Waals surface area (Å²) in [5, 5.41) is 3.71. The molecule has 36 heavy (non-hydrogen) atoms. The van der Waals surface area contributed by atoms with Crippen molar-refractivity contribution in [1.29, 1.82) is 0 Å². The zero-order valence-electron chi connectivity index (χ0n) is 21.4. The van der Waals surface area contributed by atoms with Crippen molar-refractivity contribution in [3.8, 4) is 11.5 Å². The Morgan fingerprint density at radius 1 is 1.17 bits per heavy atom. The minimum absolute atomic E-state index is 0.110. The molecular formula is C27H33FN4O4. The number of piperidine rings is 1. The van der Waals surface area contributed by atoms with Crippen molar-refractivity contribution in [3.63, 3.8) is 0 Å². The Bertz CT molecular complexity index is 1240. The summed E-state index contributed by atoms with van der Waals surface area (Å²) >= 11 is 0. The number of nitrogens with zero attached hydrogens (tertiary/aromatic N) is 3. The van der Waals surface area contributed by atoms with Gasteiger partial charge in [-0.1, -0.05) is 6.07 Å². The van der Waals surface area contributed by atoms with Gasteiger partial charge in [0, 0.05) is 18.0 Å². The van der Waals surface area contributed by atoms with Crippen molar-refractivity contribution in [2.45, 2.75) is 58.6 Å². The maximum atomic E-state index is 14.4. The Labute approximate surface area is 210 Å². The molecule has 1 N–H and O–H groups in total. The van der Waals surface area contributed by atoms with Crippen LogP contribution in [0, 0.1) is 12.7 Å². The van der Waals surface area contributed by atoms with Crippen molar-refractivity contribution in [2.75, 3.05) is 25.6 Å². The fourth-order valence-corrected chi connectivity index (χ4v) is 4.21.